The van der Waals surface area contributed by atoms with Gasteiger partial charge in [-0.3, -0.25) is 0 Å². The summed E-state index contributed by atoms with van der Waals surface area (Å²) in [5.41, 5.74) is 16.5. The first-order valence-corrected chi connectivity index (χ1v) is 32.9. The van der Waals surface area contributed by atoms with Gasteiger partial charge in [0, 0.05) is 27.7 Å². The van der Waals surface area contributed by atoms with E-state index < -0.39 is 29.1 Å². The van der Waals surface area contributed by atoms with Crippen LogP contribution in [0.3, 0.4) is 0 Å². The molecular weight excluding hydrogens is 1220 g/mol. The van der Waals surface area contributed by atoms with Gasteiger partial charge in [-0.2, -0.15) is 0 Å². The van der Waals surface area contributed by atoms with Gasteiger partial charge in [-0.1, -0.05) is 195 Å². The van der Waals surface area contributed by atoms with Crippen LogP contribution in [0.1, 0.15) is 242 Å². The van der Waals surface area contributed by atoms with Crippen molar-refractivity contribution < 1.29 is 40.6 Å². The Kier molecular flexibility index (Phi) is 38.0. The van der Waals surface area contributed by atoms with E-state index in [4.69, 9.17) is 37.4 Å². The highest BCUT2D eigenvalue weighted by Crippen LogP contribution is 2.28. The average molecular weight is 1330 g/mol. The zero-order chi connectivity index (χ0) is 71.3. The highest BCUT2D eigenvalue weighted by molar-refractivity contribution is 6.31. The lowest BCUT2D eigenvalue weighted by Crippen LogP contribution is -1.98. The molecule has 0 saturated carbocycles. The normalized spacial score (nSPS) is 10.6. The zero-order valence-corrected chi connectivity index (χ0v) is 62.1. The van der Waals surface area contributed by atoms with Gasteiger partial charge in [0.05, 0.1) is 21.3 Å². The van der Waals surface area contributed by atoms with E-state index in [1.54, 1.807) is 54.2 Å². The molecule has 0 unspecified atom stereocenters. The number of benzene rings is 8. The van der Waals surface area contributed by atoms with E-state index in [0.29, 0.717) is 47.6 Å². The first-order valence-electron chi connectivity index (χ1n) is 32.1. The lowest BCUT2D eigenvalue weighted by molar-refractivity contribution is 0.411. The number of halogens is 8. The summed E-state index contributed by atoms with van der Waals surface area (Å²) in [4.78, 5) is 0. The molecule has 0 aliphatic rings. The zero-order valence-electron chi connectivity index (χ0n) is 60.6. The van der Waals surface area contributed by atoms with Gasteiger partial charge in [0.2, 0.25) is 0 Å². The minimum absolute atomic E-state index is 0.0589. The van der Waals surface area contributed by atoms with Crippen molar-refractivity contribution in [1.82, 2.24) is 0 Å². The second-order valence-corrected chi connectivity index (χ2v) is 26.8. The Morgan fingerprint density at radius 2 is 0.602 bits per heavy atom. The van der Waals surface area contributed by atoms with E-state index in [0.717, 1.165) is 55.1 Å². The number of aryl methyl sites for hydroxylation is 7. The van der Waals surface area contributed by atoms with Crippen molar-refractivity contribution >= 4 is 23.2 Å². The second-order valence-electron chi connectivity index (χ2n) is 26.0. The summed E-state index contributed by atoms with van der Waals surface area (Å²) >= 11 is 11.8. The summed E-state index contributed by atoms with van der Waals surface area (Å²) in [6.07, 6.45) is 0. The number of ether oxygens (including phenoxy) is 3. The molecule has 0 bridgehead atoms. The fourth-order valence-corrected chi connectivity index (χ4v) is 9.81. The van der Waals surface area contributed by atoms with Crippen molar-refractivity contribution in [3.05, 3.63) is 262 Å². The Morgan fingerprint density at radius 1 is 0.280 bits per heavy atom. The second kappa shape index (κ2) is 41.9. The largest absolute Gasteiger partial charge is 0.496 e. The van der Waals surface area contributed by atoms with Gasteiger partial charge in [0.1, 0.15) is 40.5 Å². The highest BCUT2D eigenvalue weighted by atomic mass is 35.5. The van der Waals surface area contributed by atoms with Crippen LogP contribution >= 0.6 is 23.2 Å². The van der Waals surface area contributed by atoms with Gasteiger partial charge in [-0.25, -0.2) is 26.3 Å². The van der Waals surface area contributed by atoms with Crippen molar-refractivity contribution in [2.45, 2.75) is 207 Å². The van der Waals surface area contributed by atoms with Gasteiger partial charge in [0.15, 0.2) is 11.6 Å². The molecule has 0 aliphatic heterocycles. The highest BCUT2D eigenvalue weighted by Gasteiger charge is 2.15. The standard InChI is InChI=1S/3C11H16O.2C10H13Cl.C10H12F2.C10H13F.C9H9F3/c3*1-8(2)10-5-6-11(12-4)9(3)7-10;1-7(2)9-4-8(3)5-10(11)6-9;1-7(2)9-4-5-10(11)8(3)6-9;1-6(2)8-5-10(12)9(11)4-7(8)3;1-7(2)9-4-8(3)5-10(11)6-9;1-5(2)9-7(11)3-6(10)4-8(9)12/h3*5-8H,1-4H3;2*4-7H,1-3H3;4-6H,1-3H3;4-7H,1-3H3;3-5H,1-2H3. The lowest BCUT2D eigenvalue weighted by atomic mass is 9.98. The van der Waals surface area contributed by atoms with Crippen molar-refractivity contribution in [3.8, 4) is 17.2 Å². The van der Waals surface area contributed by atoms with Crippen LogP contribution in [-0.2, 0) is 0 Å². The molecule has 0 radical (unpaired) electrons. The van der Waals surface area contributed by atoms with E-state index in [1.807, 2.05) is 70.2 Å². The first kappa shape index (κ1) is 84.3. The molecule has 0 saturated heterocycles. The van der Waals surface area contributed by atoms with E-state index in [1.165, 1.54) is 62.2 Å². The van der Waals surface area contributed by atoms with Crippen LogP contribution in [0.4, 0.5) is 26.3 Å². The van der Waals surface area contributed by atoms with Crippen LogP contribution in [0.5, 0.6) is 17.2 Å². The molecule has 0 aliphatic carbocycles. The summed E-state index contributed by atoms with van der Waals surface area (Å²) in [5.74, 6) is 2.04. The quantitative estimate of drug-likeness (QED) is 0.121. The third kappa shape index (κ3) is 30.5. The Hall–Kier alpha value is -6.68. The van der Waals surface area contributed by atoms with Gasteiger partial charge < -0.3 is 14.2 Å². The third-order valence-corrected chi connectivity index (χ3v) is 15.8. The van der Waals surface area contributed by atoms with Gasteiger partial charge in [0.25, 0.3) is 0 Å². The van der Waals surface area contributed by atoms with Crippen LogP contribution in [0, 0.1) is 83.4 Å². The average Bonchev–Trinajstić information content (AvgIpc) is 1.24. The molecule has 3 nitrogen and oxygen atoms in total. The molecule has 0 heterocycles. The molecule has 0 spiro atoms. The summed E-state index contributed by atoms with van der Waals surface area (Å²) in [6.45, 7) is 47.3. The van der Waals surface area contributed by atoms with Gasteiger partial charge >= 0.3 is 0 Å². The van der Waals surface area contributed by atoms with Crippen LogP contribution in [0.25, 0.3) is 0 Å². The lowest BCUT2D eigenvalue weighted by Gasteiger charge is -2.09. The Balaban J connectivity index is 0.000000532. The minimum Gasteiger partial charge on any atom is -0.496 e. The molecule has 510 valence electrons. The number of hydrogen-bond acceptors (Lipinski definition) is 3. The molecule has 11 heteroatoms. The first-order chi connectivity index (χ1) is 43.3. The van der Waals surface area contributed by atoms with Crippen LogP contribution in [0.15, 0.2) is 133 Å². The fourth-order valence-electron chi connectivity index (χ4n) is 9.39. The maximum atomic E-state index is 12.9. The molecule has 0 fully saturated rings. The number of hydrogen-bond donors (Lipinski definition) is 0. The predicted molar refractivity (Wildman–Crippen MR) is 387 cm³/mol. The summed E-state index contributed by atoms with van der Waals surface area (Å²) in [6, 6.07) is 40.5. The fraction of sp³-hybridized carbons (Fsp3) is 0.415. The minimum atomic E-state index is -0.880. The van der Waals surface area contributed by atoms with Crippen LogP contribution < -0.4 is 14.2 Å². The van der Waals surface area contributed by atoms with Crippen LogP contribution in [0.2, 0.25) is 10.0 Å². The van der Waals surface area contributed by atoms with E-state index in [-0.39, 0.29) is 23.2 Å². The molecule has 8 rings (SSSR count). The smallest absolute Gasteiger partial charge is 0.159 e. The van der Waals surface area contributed by atoms with Crippen molar-refractivity contribution in [1.29, 1.82) is 0 Å². The molecule has 0 aromatic heterocycles. The van der Waals surface area contributed by atoms with Crippen molar-refractivity contribution in [3.63, 3.8) is 0 Å². The Bertz CT molecular complexity index is 3270. The molecule has 0 amide bonds. The summed E-state index contributed by atoms with van der Waals surface area (Å²) in [7, 11) is 5.12. The molecule has 8 aromatic rings. The Labute approximate surface area is 567 Å². The number of rotatable bonds is 11. The summed E-state index contributed by atoms with van der Waals surface area (Å²) in [5, 5.41) is 1.70. The van der Waals surface area contributed by atoms with Crippen LogP contribution in [-0.4, -0.2) is 21.3 Å². The predicted octanol–water partition coefficient (Wildman–Crippen LogP) is 26.8. The maximum Gasteiger partial charge on any atom is 0.159 e. The molecule has 8 aromatic carbocycles. The number of methoxy groups -OCH3 is 3. The molecule has 0 N–H and O–H groups in total. The molecule has 93 heavy (non-hydrogen) atoms. The summed E-state index contributed by atoms with van der Waals surface area (Å²) < 4.78 is 91.9. The monoisotopic (exact) mass is 1320 g/mol. The van der Waals surface area contributed by atoms with Gasteiger partial charge in [-0.15, -0.1) is 0 Å². The van der Waals surface area contributed by atoms with E-state index in [2.05, 4.69) is 165 Å². The van der Waals surface area contributed by atoms with Crippen molar-refractivity contribution in [2.24, 2.45) is 0 Å². The topological polar surface area (TPSA) is 27.7 Å². The van der Waals surface area contributed by atoms with E-state index >= 15 is 0 Å². The maximum absolute atomic E-state index is 12.9. The molecule has 0 atom stereocenters. The Morgan fingerprint density at radius 3 is 0.903 bits per heavy atom. The van der Waals surface area contributed by atoms with Gasteiger partial charge in [-0.05, 0) is 234 Å². The SMILES string of the molecule is CC(C)c1c(F)cc(F)cc1F.COc1ccc(C(C)C)cc1C.COc1ccc(C(C)C)cc1C.COc1ccc(C(C)C)cc1C.Cc1cc(C(C)C)ccc1Cl.Cc1cc(Cl)cc(C(C)C)c1.Cc1cc(F)c(F)cc1C(C)C.Cc1cc(F)cc(C(C)C)c1. The third-order valence-electron chi connectivity index (χ3n) is 15.1. The molecular formula is C82H108Cl2F6O3. The van der Waals surface area contributed by atoms with E-state index in [9.17, 15) is 26.3 Å². The van der Waals surface area contributed by atoms with Crippen molar-refractivity contribution in [2.75, 3.05) is 21.3 Å².